The predicted molar refractivity (Wildman–Crippen MR) is 67.9 cm³/mol. The fourth-order valence-electron chi connectivity index (χ4n) is 2.03. The molecular formula is C12H19ClN2O2. The van der Waals surface area contributed by atoms with Crippen molar-refractivity contribution in [3.8, 4) is 0 Å². The molecule has 5 heteroatoms. The number of carbonyl (C=O) groups is 1. The van der Waals surface area contributed by atoms with Gasteiger partial charge < -0.3 is 15.1 Å². The van der Waals surface area contributed by atoms with Crippen LogP contribution in [0.2, 0.25) is 0 Å². The fraction of sp³-hybridized carbons (Fsp3) is 0.583. The highest BCUT2D eigenvalue weighted by molar-refractivity contribution is 5.86. The Morgan fingerprint density at radius 1 is 1.53 bits per heavy atom. The molecule has 1 aliphatic rings. The maximum Gasteiger partial charge on any atom is 0.242 e. The van der Waals surface area contributed by atoms with Crippen LogP contribution in [0.25, 0.3) is 0 Å². The van der Waals surface area contributed by atoms with Gasteiger partial charge in [-0.25, -0.2) is 0 Å². The SMILES string of the molecule is Cc1ccc(CN(C)C(=O)C2(N)CCC2)o1.Cl. The minimum absolute atomic E-state index is 0. The topological polar surface area (TPSA) is 59.5 Å². The van der Waals surface area contributed by atoms with Gasteiger partial charge in [-0.3, -0.25) is 4.79 Å². The van der Waals surface area contributed by atoms with Crippen LogP contribution in [0, 0.1) is 6.92 Å². The summed E-state index contributed by atoms with van der Waals surface area (Å²) in [6, 6.07) is 3.79. The van der Waals surface area contributed by atoms with Gasteiger partial charge in [0.25, 0.3) is 0 Å². The highest BCUT2D eigenvalue weighted by Gasteiger charge is 2.41. The third kappa shape index (κ3) is 2.82. The minimum atomic E-state index is -0.615. The van der Waals surface area contributed by atoms with Gasteiger partial charge in [0.1, 0.15) is 11.5 Å². The molecule has 17 heavy (non-hydrogen) atoms. The quantitative estimate of drug-likeness (QED) is 0.900. The van der Waals surface area contributed by atoms with Crippen LogP contribution in [0.4, 0.5) is 0 Å². The number of hydrogen-bond acceptors (Lipinski definition) is 3. The molecule has 1 heterocycles. The van der Waals surface area contributed by atoms with E-state index in [1.165, 1.54) is 0 Å². The van der Waals surface area contributed by atoms with Gasteiger partial charge in [-0.2, -0.15) is 0 Å². The molecule has 0 bridgehead atoms. The predicted octanol–water partition coefficient (Wildman–Crippen LogP) is 1.85. The standard InChI is InChI=1S/C12H18N2O2.ClH/c1-9-4-5-10(16-9)8-14(2)11(15)12(13)6-3-7-12;/h4-5H,3,6-8,13H2,1-2H3;1H. The molecule has 0 aliphatic heterocycles. The molecule has 0 aromatic carbocycles. The van der Waals surface area contributed by atoms with E-state index in [0.29, 0.717) is 6.54 Å². The number of amides is 1. The number of carbonyl (C=O) groups excluding carboxylic acids is 1. The van der Waals surface area contributed by atoms with Crippen molar-refractivity contribution in [2.75, 3.05) is 7.05 Å². The van der Waals surface area contributed by atoms with E-state index < -0.39 is 5.54 Å². The first-order valence-electron chi connectivity index (χ1n) is 5.61. The first-order chi connectivity index (χ1) is 7.51. The lowest BCUT2D eigenvalue weighted by Crippen LogP contribution is -2.58. The Labute approximate surface area is 108 Å². The average Bonchev–Trinajstić information content (AvgIpc) is 2.59. The van der Waals surface area contributed by atoms with Crippen molar-refractivity contribution < 1.29 is 9.21 Å². The summed E-state index contributed by atoms with van der Waals surface area (Å²) in [5, 5.41) is 0. The maximum atomic E-state index is 12.0. The van der Waals surface area contributed by atoms with Crippen molar-refractivity contribution in [1.29, 1.82) is 0 Å². The van der Waals surface area contributed by atoms with Gasteiger partial charge >= 0.3 is 0 Å². The van der Waals surface area contributed by atoms with E-state index in [1.807, 2.05) is 19.1 Å². The summed E-state index contributed by atoms with van der Waals surface area (Å²) in [6.45, 7) is 2.38. The van der Waals surface area contributed by atoms with Crippen molar-refractivity contribution in [3.05, 3.63) is 23.7 Å². The molecule has 0 saturated heterocycles. The second kappa shape index (κ2) is 5.10. The van der Waals surface area contributed by atoms with Gasteiger partial charge in [-0.15, -0.1) is 12.4 Å². The van der Waals surface area contributed by atoms with Crippen LogP contribution in [0.15, 0.2) is 16.5 Å². The summed E-state index contributed by atoms with van der Waals surface area (Å²) in [7, 11) is 1.77. The Balaban J connectivity index is 0.00000144. The van der Waals surface area contributed by atoms with Gasteiger partial charge in [-0.1, -0.05) is 0 Å². The average molecular weight is 259 g/mol. The molecule has 96 valence electrons. The molecule has 0 atom stereocenters. The molecule has 0 spiro atoms. The Hall–Kier alpha value is -1.00. The van der Waals surface area contributed by atoms with Crippen LogP contribution in [-0.4, -0.2) is 23.4 Å². The van der Waals surface area contributed by atoms with E-state index in [1.54, 1.807) is 11.9 Å². The Kier molecular flexibility index (Phi) is 4.22. The molecule has 0 unspecified atom stereocenters. The van der Waals surface area contributed by atoms with Gasteiger partial charge in [0.05, 0.1) is 12.1 Å². The first-order valence-corrected chi connectivity index (χ1v) is 5.61. The molecule has 1 aromatic heterocycles. The van der Waals surface area contributed by atoms with E-state index in [2.05, 4.69) is 0 Å². The van der Waals surface area contributed by atoms with Gasteiger partial charge in [0, 0.05) is 7.05 Å². The van der Waals surface area contributed by atoms with Crippen LogP contribution in [-0.2, 0) is 11.3 Å². The van der Waals surface area contributed by atoms with Gasteiger partial charge in [-0.05, 0) is 38.3 Å². The summed E-state index contributed by atoms with van der Waals surface area (Å²) in [4.78, 5) is 13.7. The van der Waals surface area contributed by atoms with Gasteiger partial charge in [0.15, 0.2) is 0 Å². The zero-order chi connectivity index (χ0) is 11.8. The highest BCUT2D eigenvalue weighted by atomic mass is 35.5. The highest BCUT2D eigenvalue weighted by Crippen LogP contribution is 2.31. The lowest BCUT2D eigenvalue weighted by Gasteiger charge is -2.39. The number of halogens is 1. The fourth-order valence-corrected chi connectivity index (χ4v) is 2.03. The Morgan fingerprint density at radius 2 is 2.18 bits per heavy atom. The zero-order valence-corrected chi connectivity index (χ0v) is 11.0. The lowest BCUT2D eigenvalue weighted by molar-refractivity contribution is -0.139. The second-order valence-corrected chi connectivity index (χ2v) is 4.68. The molecule has 1 amide bonds. The first kappa shape index (κ1) is 14.1. The molecule has 0 radical (unpaired) electrons. The molecule has 2 rings (SSSR count). The molecule has 1 fully saturated rings. The van der Waals surface area contributed by atoms with Crippen LogP contribution in [0.1, 0.15) is 30.8 Å². The van der Waals surface area contributed by atoms with Crippen molar-refractivity contribution >= 4 is 18.3 Å². The smallest absolute Gasteiger partial charge is 0.242 e. The van der Waals surface area contributed by atoms with Crippen LogP contribution < -0.4 is 5.73 Å². The third-order valence-electron chi connectivity index (χ3n) is 3.21. The molecule has 4 nitrogen and oxygen atoms in total. The van der Waals surface area contributed by atoms with Crippen LogP contribution >= 0.6 is 12.4 Å². The lowest BCUT2D eigenvalue weighted by atomic mass is 9.76. The second-order valence-electron chi connectivity index (χ2n) is 4.68. The van der Waals surface area contributed by atoms with E-state index >= 15 is 0 Å². The summed E-state index contributed by atoms with van der Waals surface area (Å²) >= 11 is 0. The molecule has 1 saturated carbocycles. The summed E-state index contributed by atoms with van der Waals surface area (Å²) in [5.74, 6) is 1.69. The number of nitrogens with two attached hydrogens (primary N) is 1. The van der Waals surface area contributed by atoms with Gasteiger partial charge in [0.2, 0.25) is 5.91 Å². The van der Waals surface area contributed by atoms with Crippen molar-refractivity contribution in [2.24, 2.45) is 5.73 Å². The van der Waals surface area contributed by atoms with Crippen molar-refractivity contribution in [2.45, 2.75) is 38.3 Å². The van der Waals surface area contributed by atoms with Crippen molar-refractivity contribution in [3.63, 3.8) is 0 Å². The maximum absolute atomic E-state index is 12.0. The summed E-state index contributed by atoms with van der Waals surface area (Å²) in [5.41, 5.74) is 5.37. The molecule has 1 aliphatic carbocycles. The summed E-state index contributed by atoms with van der Waals surface area (Å²) < 4.78 is 5.43. The van der Waals surface area contributed by atoms with E-state index in [-0.39, 0.29) is 18.3 Å². The van der Waals surface area contributed by atoms with Crippen molar-refractivity contribution in [1.82, 2.24) is 4.90 Å². The number of nitrogens with zero attached hydrogens (tertiary/aromatic N) is 1. The third-order valence-corrected chi connectivity index (χ3v) is 3.21. The normalized spacial score (nSPS) is 16.9. The largest absolute Gasteiger partial charge is 0.464 e. The van der Waals surface area contributed by atoms with Crippen LogP contribution in [0.3, 0.4) is 0 Å². The molecule has 2 N–H and O–H groups in total. The van der Waals surface area contributed by atoms with E-state index in [4.69, 9.17) is 10.2 Å². The Bertz CT molecular complexity index is 399. The number of likely N-dealkylation sites (N-methyl/N-ethyl adjacent to an activating group) is 1. The Morgan fingerprint density at radius 3 is 2.59 bits per heavy atom. The number of furan rings is 1. The zero-order valence-electron chi connectivity index (χ0n) is 10.2. The molecule has 1 aromatic rings. The summed E-state index contributed by atoms with van der Waals surface area (Å²) in [6.07, 6.45) is 2.65. The monoisotopic (exact) mass is 258 g/mol. The molecular weight excluding hydrogens is 240 g/mol. The minimum Gasteiger partial charge on any atom is -0.464 e. The van der Waals surface area contributed by atoms with Crippen LogP contribution in [0.5, 0.6) is 0 Å². The van der Waals surface area contributed by atoms with E-state index in [9.17, 15) is 4.79 Å². The van der Waals surface area contributed by atoms with E-state index in [0.717, 1.165) is 30.8 Å². The number of rotatable bonds is 3. The number of aryl methyl sites for hydroxylation is 1. The number of hydrogen-bond donors (Lipinski definition) is 1.